The van der Waals surface area contributed by atoms with Crippen LogP contribution < -0.4 is 9.80 Å². The van der Waals surface area contributed by atoms with Crippen molar-refractivity contribution >= 4 is 143 Å². The van der Waals surface area contributed by atoms with E-state index >= 15 is 0 Å². The second kappa shape index (κ2) is 15.1. The lowest BCUT2D eigenvalue weighted by atomic mass is 9.98. The third kappa shape index (κ3) is 5.90. The molecule has 4 aromatic heterocycles. The van der Waals surface area contributed by atoms with E-state index in [9.17, 15) is 0 Å². The summed E-state index contributed by atoms with van der Waals surface area (Å²) in [5.74, 6) is 0. The van der Waals surface area contributed by atoms with Crippen molar-refractivity contribution < 1.29 is 17.7 Å². The van der Waals surface area contributed by atoms with Gasteiger partial charge in [0.1, 0.15) is 44.7 Å². The van der Waals surface area contributed by atoms with Gasteiger partial charge >= 0.3 is 0 Å². The Kier molecular flexibility index (Phi) is 8.53. The SMILES string of the molecule is Cc1cc2oc3ccccc3c2c(C)c1N(c1ccccc1)c1ccc2cc3c(cc2c1)oc1ccc2oc4cc5cc(N(c6ccccc6)c6c(C)cc7oc8ccccc8c7c6C)ccc5cc4c2c13. The van der Waals surface area contributed by atoms with E-state index in [-0.39, 0.29) is 0 Å². The summed E-state index contributed by atoms with van der Waals surface area (Å²) < 4.78 is 26.3. The van der Waals surface area contributed by atoms with Crippen molar-refractivity contribution in [3.63, 3.8) is 0 Å². The van der Waals surface area contributed by atoms with Gasteiger partial charge in [0.2, 0.25) is 0 Å². The van der Waals surface area contributed by atoms with Crippen LogP contribution in [0.5, 0.6) is 0 Å². The second-order valence-electron chi connectivity index (χ2n) is 19.4. The van der Waals surface area contributed by atoms with Gasteiger partial charge < -0.3 is 27.5 Å². The highest BCUT2D eigenvalue weighted by molar-refractivity contribution is 6.28. The Morgan fingerprint density at radius 2 is 0.667 bits per heavy atom. The molecule has 0 aliphatic carbocycles. The fourth-order valence-electron chi connectivity index (χ4n) is 12.0. The Labute approximate surface area is 413 Å². The van der Waals surface area contributed by atoms with Crippen LogP contribution in [0.3, 0.4) is 0 Å². The lowest BCUT2D eigenvalue weighted by Crippen LogP contribution is -2.13. The van der Waals surface area contributed by atoms with Crippen molar-refractivity contribution in [3.05, 3.63) is 216 Å². The van der Waals surface area contributed by atoms with E-state index in [0.717, 1.165) is 155 Å². The van der Waals surface area contributed by atoms with Crippen LogP contribution in [0.1, 0.15) is 22.3 Å². The molecule has 0 N–H and O–H groups in total. The fraction of sp³-hybridized carbons (Fsp3) is 0.0606. The molecule has 0 aliphatic heterocycles. The number of benzene rings is 11. The van der Waals surface area contributed by atoms with Gasteiger partial charge in [-0.05, 0) is 181 Å². The largest absolute Gasteiger partial charge is 0.456 e. The number of hydrogen-bond donors (Lipinski definition) is 0. The van der Waals surface area contributed by atoms with Gasteiger partial charge in [0, 0.05) is 65.8 Å². The van der Waals surface area contributed by atoms with Crippen LogP contribution in [0.15, 0.2) is 212 Å². The summed E-state index contributed by atoms with van der Waals surface area (Å²) in [6.07, 6.45) is 0. The van der Waals surface area contributed by atoms with E-state index in [2.05, 4.69) is 207 Å². The number of nitrogens with zero attached hydrogens (tertiary/aromatic N) is 2. The zero-order chi connectivity index (χ0) is 47.9. The lowest BCUT2D eigenvalue weighted by Gasteiger charge is -2.29. The van der Waals surface area contributed by atoms with Crippen LogP contribution in [-0.4, -0.2) is 0 Å². The Morgan fingerprint density at radius 3 is 1.11 bits per heavy atom. The summed E-state index contributed by atoms with van der Waals surface area (Å²) >= 11 is 0. The van der Waals surface area contributed by atoms with Crippen molar-refractivity contribution in [2.45, 2.75) is 27.7 Å². The molecular formula is C66H44N2O4. The van der Waals surface area contributed by atoms with E-state index in [1.54, 1.807) is 0 Å². The van der Waals surface area contributed by atoms with Crippen LogP contribution in [0.2, 0.25) is 0 Å². The minimum absolute atomic E-state index is 0.829. The molecule has 0 spiro atoms. The minimum atomic E-state index is 0.829. The zero-order valence-electron chi connectivity index (χ0n) is 40.0. The predicted octanol–water partition coefficient (Wildman–Crippen LogP) is 19.8. The van der Waals surface area contributed by atoms with E-state index < -0.39 is 0 Å². The summed E-state index contributed by atoms with van der Waals surface area (Å²) in [6, 6.07) is 68.8. The van der Waals surface area contributed by atoms with Gasteiger partial charge in [-0.15, -0.1) is 0 Å². The van der Waals surface area contributed by atoms with E-state index in [1.165, 1.54) is 11.1 Å². The quantitative estimate of drug-likeness (QED) is 0.166. The van der Waals surface area contributed by atoms with Gasteiger partial charge in [-0.1, -0.05) is 84.9 Å². The van der Waals surface area contributed by atoms with Gasteiger partial charge in [0.25, 0.3) is 0 Å². The fourth-order valence-corrected chi connectivity index (χ4v) is 12.0. The average Bonchev–Trinajstić information content (AvgIpc) is 4.17. The Hall–Kier alpha value is -9.26. The second-order valence-corrected chi connectivity index (χ2v) is 19.4. The molecule has 0 saturated heterocycles. The number of para-hydroxylation sites is 4. The molecule has 0 radical (unpaired) electrons. The molecule has 0 amide bonds. The molecule has 0 aliphatic rings. The maximum atomic E-state index is 6.78. The maximum Gasteiger partial charge on any atom is 0.136 e. The van der Waals surface area contributed by atoms with Crippen molar-refractivity contribution in [1.82, 2.24) is 0 Å². The highest BCUT2D eigenvalue weighted by Crippen LogP contribution is 2.48. The predicted molar refractivity (Wildman–Crippen MR) is 299 cm³/mol. The summed E-state index contributed by atoms with van der Waals surface area (Å²) in [5.41, 5.74) is 18.1. The molecule has 6 heteroatoms. The molecule has 0 bridgehead atoms. The summed E-state index contributed by atoms with van der Waals surface area (Å²) in [4.78, 5) is 4.76. The molecule has 15 aromatic rings. The van der Waals surface area contributed by atoms with Crippen LogP contribution in [-0.2, 0) is 0 Å². The molecule has 15 rings (SSSR count). The van der Waals surface area contributed by atoms with Crippen LogP contribution in [0.4, 0.5) is 34.1 Å². The van der Waals surface area contributed by atoms with Gasteiger partial charge in [0.15, 0.2) is 0 Å². The lowest BCUT2D eigenvalue weighted by molar-refractivity contribution is 0.663. The number of rotatable bonds is 6. The summed E-state index contributed by atoms with van der Waals surface area (Å²) in [7, 11) is 0. The number of furan rings is 4. The monoisotopic (exact) mass is 928 g/mol. The third-order valence-electron chi connectivity index (χ3n) is 15.1. The molecule has 11 aromatic carbocycles. The Balaban J connectivity index is 0.866. The minimum Gasteiger partial charge on any atom is -0.456 e. The molecule has 0 fully saturated rings. The Morgan fingerprint density at radius 1 is 0.264 bits per heavy atom. The maximum absolute atomic E-state index is 6.78. The van der Waals surface area contributed by atoms with Crippen molar-refractivity contribution in [2.75, 3.05) is 9.80 Å². The molecule has 342 valence electrons. The molecule has 72 heavy (non-hydrogen) atoms. The number of hydrogen-bond acceptors (Lipinski definition) is 6. The number of anilines is 6. The Bertz CT molecular complexity index is 4440. The first-order valence-corrected chi connectivity index (χ1v) is 24.6. The smallest absolute Gasteiger partial charge is 0.136 e. The number of fused-ring (bicyclic) bond motifs is 15. The van der Waals surface area contributed by atoms with E-state index in [4.69, 9.17) is 17.7 Å². The van der Waals surface area contributed by atoms with Crippen LogP contribution in [0, 0.1) is 27.7 Å². The molecular weight excluding hydrogens is 885 g/mol. The van der Waals surface area contributed by atoms with Crippen molar-refractivity contribution in [1.29, 1.82) is 0 Å². The van der Waals surface area contributed by atoms with Gasteiger partial charge in [0.05, 0.1) is 11.4 Å². The van der Waals surface area contributed by atoms with Crippen LogP contribution in [0.25, 0.3) is 109 Å². The van der Waals surface area contributed by atoms with Gasteiger partial charge in [-0.25, -0.2) is 0 Å². The normalized spacial score (nSPS) is 12.2. The topological polar surface area (TPSA) is 59.0 Å². The third-order valence-corrected chi connectivity index (χ3v) is 15.1. The first-order valence-electron chi connectivity index (χ1n) is 24.6. The molecule has 6 nitrogen and oxygen atoms in total. The standard InChI is InChI=1S/C66H44N2O4/c1-37-29-59-61(49-19-11-13-21-53(49)69-59)39(3)65(37)67(45-15-7-5-8-16-45)47-25-23-41-33-51-57(35-43(41)31-47)71-55-27-28-56-64(63(51)55)52-34-42-24-26-48(32-44(42)36-58(52)72-56)68(46-17-9-6-10-18-46)66-38(2)30-60-62(40(66)4)50-20-12-14-22-54(50)70-60/h5-36H,1-4H3. The zero-order valence-corrected chi connectivity index (χ0v) is 40.0. The highest BCUT2D eigenvalue weighted by atomic mass is 16.3. The highest BCUT2D eigenvalue weighted by Gasteiger charge is 2.25. The summed E-state index contributed by atoms with van der Waals surface area (Å²) in [6.45, 7) is 8.79. The number of aryl methyl sites for hydroxylation is 4. The first kappa shape index (κ1) is 40.6. The van der Waals surface area contributed by atoms with E-state index in [0.29, 0.717) is 0 Å². The van der Waals surface area contributed by atoms with Gasteiger partial charge in [-0.2, -0.15) is 0 Å². The van der Waals surface area contributed by atoms with Crippen LogP contribution >= 0.6 is 0 Å². The van der Waals surface area contributed by atoms with E-state index in [1.807, 2.05) is 24.3 Å². The molecule has 0 unspecified atom stereocenters. The summed E-state index contributed by atoms with van der Waals surface area (Å²) in [5, 5.41) is 13.2. The van der Waals surface area contributed by atoms with Crippen molar-refractivity contribution in [2.24, 2.45) is 0 Å². The first-order chi connectivity index (χ1) is 35.3. The molecule has 0 atom stereocenters. The van der Waals surface area contributed by atoms with Crippen molar-refractivity contribution in [3.8, 4) is 0 Å². The molecule has 0 saturated carbocycles. The van der Waals surface area contributed by atoms with Gasteiger partial charge in [-0.3, -0.25) is 0 Å². The molecule has 4 heterocycles. The average molecular weight is 929 g/mol.